The standard InChI is InChI=1S/C20H25N3O4S/c1-3-19(24)22-16-6-9-20(21-14-16)27-17-10-12-23(13-11-17)28(25,26)18-7-4-15(2)5-8-18/h4-9,14,17H,3,10-13H2,1-2H3,(H,22,24). The van der Waals surface area contributed by atoms with E-state index >= 15 is 0 Å². The van der Waals surface area contributed by atoms with Crippen LogP contribution in [0.15, 0.2) is 47.5 Å². The number of hydrogen-bond donors (Lipinski definition) is 1. The summed E-state index contributed by atoms with van der Waals surface area (Å²) in [5, 5.41) is 2.73. The number of nitrogens with one attached hydrogen (secondary N) is 1. The maximum Gasteiger partial charge on any atom is 0.243 e. The van der Waals surface area contributed by atoms with E-state index < -0.39 is 10.0 Å². The zero-order valence-corrected chi connectivity index (χ0v) is 16.9. The number of pyridine rings is 1. The molecule has 0 saturated carbocycles. The first-order valence-corrected chi connectivity index (χ1v) is 10.8. The molecule has 28 heavy (non-hydrogen) atoms. The van der Waals surface area contributed by atoms with Crippen LogP contribution in [0, 0.1) is 6.92 Å². The number of rotatable bonds is 6. The van der Waals surface area contributed by atoms with E-state index in [1.807, 2.05) is 6.92 Å². The molecule has 1 aromatic heterocycles. The third-order valence-corrected chi connectivity index (χ3v) is 6.60. The first-order chi connectivity index (χ1) is 13.4. The van der Waals surface area contributed by atoms with E-state index in [2.05, 4.69) is 10.3 Å². The van der Waals surface area contributed by atoms with Crippen LogP contribution in [0.1, 0.15) is 31.7 Å². The monoisotopic (exact) mass is 403 g/mol. The number of aryl methyl sites for hydroxylation is 1. The number of aromatic nitrogens is 1. The van der Waals surface area contributed by atoms with Crippen molar-refractivity contribution in [2.45, 2.75) is 44.1 Å². The van der Waals surface area contributed by atoms with Crippen molar-refractivity contribution in [1.29, 1.82) is 0 Å². The van der Waals surface area contributed by atoms with Crippen LogP contribution >= 0.6 is 0 Å². The highest BCUT2D eigenvalue weighted by atomic mass is 32.2. The molecule has 1 aliphatic heterocycles. The predicted octanol–water partition coefficient (Wildman–Crippen LogP) is 2.97. The average Bonchev–Trinajstić information content (AvgIpc) is 2.70. The van der Waals surface area contributed by atoms with Crippen LogP contribution in [0.2, 0.25) is 0 Å². The van der Waals surface area contributed by atoms with Crippen LogP contribution in [0.3, 0.4) is 0 Å². The Morgan fingerprint density at radius 1 is 1.18 bits per heavy atom. The Bertz CT molecular complexity index is 903. The lowest BCUT2D eigenvalue weighted by Crippen LogP contribution is -2.41. The minimum absolute atomic E-state index is 0.0716. The lowest BCUT2D eigenvalue weighted by atomic mass is 10.1. The quantitative estimate of drug-likeness (QED) is 0.801. The molecule has 1 N–H and O–H groups in total. The number of carbonyl (C=O) groups is 1. The van der Waals surface area contributed by atoms with Gasteiger partial charge in [-0.2, -0.15) is 4.31 Å². The molecule has 0 spiro atoms. The molecule has 7 nitrogen and oxygen atoms in total. The molecule has 1 aromatic carbocycles. The lowest BCUT2D eigenvalue weighted by Gasteiger charge is -2.31. The van der Waals surface area contributed by atoms with Gasteiger partial charge in [0.05, 0.1) is 16.8 Å². The summed E-state index contributed by atoms with van der Waals surface area (Å²) < 4.78 is 32.9. The van der Waals surface area contributed by atoms with Gasteiger partial charge in [-0.25, -0.2) is 13.4 Å². The normalized spacial score (nSPS) is 15.9. The van der Waals surface area contributed by atoms with Crippen LogP contribution in [-0.2, 0) is 14.8 Å². The molecule has 0 atom stereocenters. The van der Waals surface area contributed by atoms with Crippen LogP contribution in [0.25, 0.3) is 0 Å². The van der Waals surface area contributed by atoms with E-state index in [4.69, 9.17) is 4.74 Å². The SMILES string of the molecule is CCC(=O)Nc1ccc(OC2CCN(S(=O)(=O)c3ccc(C)cc3)CC2)nc1. The van der Waals surface area contributed by atoms with Gasteiger partial charge in [-0.15, -0.1) is 0 Å². The minimum atomic E-state index is -3.47. The topological polar surface area (TPSA) is 88.6 Å². The summed E-state index contributed by atoms with van der Waals surface area (Å²) in [6.07, 6.45) is 3.07. The molecule has 1 amide bonds. The number of nitrogens with zero attached hydrogens (tertiary/aromatic N) is 2. The van der Waals surface area contributed by atoms with Crippen molar-refractivity contribution in [3.8, 4) is 5.88 Å². The molecule has 8 heteroatoms. The van der Waals surface area contributed by atoms with Crippen LogP contribution in [0.5, 0.6) is 5.88 Å². The van der Waals surface area contributed by atoms with Crippen LogP contribution in [-0.4, -0.2) is 42.8 Å². The molecule has 0 unspecified atom stereocenters. The van der Waals surface area contributed by atoms with Gasteiger partial charge >= 0.3 is 0 Å². The van der Waals surface area contributed by atoms with E-state index in [9.17, 15) is 13.2 Å². The zero-order valence-electron chi connectivity index (χ0n) is 16.1. The fourth-order valence-electron chi connectivity index (χ4n) is 2.99. The van der Waals surface area contributed by atoms with E-state index in [0.717, 1.165) is 5.56 Å². The van der Waals surface area contributed by atoms with Crippen molar-refractivity contribution >= 4 is 21.6 Å². The van der Waals surface area contributed by atoms with Gasteiger partial charge in [0.1, 0.15) is 6.10 Å². The Morgan fingerprint density at radius 2 is 1.86 bits per heavy atom. The second-order valence-electron chi connectivity index (χ2n) is 6.82. The molecule has 2 aromatic rings. The Labute approximate surface area is 165 Å². The fourth-order valence-corrected chi connectivity index (χ4v) is 4.46. The molecule has 0 bridgehead atoms. The third-order valence-electron chi connectivity index (χ3n) is 4.69. The first kappa shape index (κ1) is 20.3. The Balaban J connectivity index is 1.55. The molecule has 1 saturated heterocycles. The summed E-state index contributed by atoms with van der Waals surface area (Å²) >= 11 is 0. The summed E-state index contributed by atoms with van der Waals surface area (Å²) in [6.45, 7) is 4.53. The van der Waals surface area contributed by atoms with Gasteiger partial charge in [-0.05, 0) is 38.0 Å². The van der Waals surface area contributed by atoms with Crippen LogP contribution in [0.4, 0.5) is 5.69 Å². The van der Waals surface area contributed by atoms with Gasteiger partial charge in [0.15, 0.2) is 0 Å². The third kappa shape index (κ3) is 4.88. The van der Waals surface area contributed by atoms with Gasteiger partial charge < -0.3 is 10.1 Å². The number of piperidine rings is 1. The first-order valence-electron chi connectivity index (χ1n) is 9.38. The molecule has 2 heterocycles. The molecule has 0 aliphatic carbocycles. The minimum Gasteiger partial charge on any atom is -0.474 e. The maximum atomic E-state index is 12.8. The largest absolute Gasteiger partial charge is 0.474 e. The van der Waals surface area contributed by atoms with E-state index in [0.29, 0.717) is 48.8 Å². The molecule has 150 valence electrons. The van der Waals surface area contributed by atoms with Crippen molar-refractivity contribution in [2.24, 2.45) is 0 Å². The highest BCUT2D eigenvalue weighted by Crippen LogP contribution is 2.23. The molecular weight excluding hydrogens is 378 g/mol. The highest BCUT2D eigenvalue weighted by Gasteiger charge is 2.30. The predicted molar refractivity (Wildman–Crippen MR) is 107 cm³/mol. The maximum absolute atomic E-state index is 12.8. The highest BCUT2D eigenvalue weighted by molar-refractivity contribution is 7.89. The summed E-state index contributed by atoms with van der Waals surface area (Å²) in [5.41, 5.74) is 1.65. The van der Waals surface area contributed by atoms with Gasteiger partial charge in [0.25, 0.3) is 0 Å². The van der Waals surface area contributed by atoms with Crippen LogP contribution < -0.4 is 10.1 Å². The Hall–Kier alpha value is -2.45. The Morgan fingerprint density at radius 3 is 2.43 bits per heavy atom. The fraction of sp³-hybridized carbons (Fsp3) is 0.400. The van der Waals surface area contributed by atoms with Gasteiger partial charge in [-0.3, -0.25) is 4.79 Å². The summed E-state index contributed by atoms with van der Waals surface area (Å²) in [7, 11) is -3.47. The Kier molecular flexibility index (Phi) is 6.31. The molecule has 1 fully saturated rings. The van der Waals surface area contributed by atoms with E-state index in [1.54, 1.807) is 49.5 Å². The lowest BCUT2D eigenvalue weighted by molar-refractivity contribution is -0.115. The van der Waals surface area contributed by atoms with E-state index in [-0.39, 0.29) is 12.0 Å². The second-order valence-corrected chi connectivity index (χ2v) is 8.76. The number of amides is 1. The zero-order chi connectivity index (χ0) is 20.1. The van der Waals surface area contributed by atoms with Crippen molar-refractivity contribution < 1.29 is 17.9 Å². The average molecular weight is 404 g/mol. The summed E-state index contributed by atoms with van der Waals surface area (Å²) in [4.78, 5) is 15.9. The second kappa shape index (κ2) is 8.70. The van der Waals surface area contributed by atoms with Gasteiger partial charge in [0.2, 0.25) is 21.8 Å². The van der Waals surface area contributed by atoms with Crippen molar-refractivity contribution in [1.82, 2.24) is 9.29 Å². The molecule has 3 rings (SSSR count). The van der Waals surface area contributed by atoms with E-state index in [1.165, 1.54) is 4.31 Å². The molecule has 1 aliphatic rings. The van der Waals surface area contributed by atoms with Crippen molar-refractivity contribution in [3.63, 3.8) is 0 Å². The van der Waals surface area contributed by atoms with Gasteiger partial charge in [-0.1, -0.05) is 24.6 Å². The number of hydrogen-bond acceptors (Lipinski definition) is 5. The number of sulfonamides is 1. The summed E-state index contributed by atoms with van der Waals surface area (Å²) in [5.74, 6) is 0.395. The molecular formula is C20H25N3O4S. The number of benzene rings is 1. The molecule has 0 radical (unpaired) electrons. The number of carbonyl (C=O) groups excluding carboxylic acids is 1. The smallest absolute Gasteiger partial charge is 0.243 e. The number of ether oxygens (including phenoxy) is 1. The van der Waals surface area contributed by atoms with Crippen molar-refractivity contribution in [2.75, 3.05) is 18.4 Å². The van der Waals surface area contributed by atoms with Gasteiger partial charge in [0, 0.05) is 25.6 Å². The number of anilines is 1. The van der Waals surface area contributed by atoms with Crippen molar-refractivity contribution in [3.05, 3.63) is 48.2 Å². The summed E-state index contributed by atoms with van der Waals surface area (Å²) in [6, 6.07) is 10.4.